The molecule has 0 amide bonds. The molecule has 0 aliphatic carbocycles. The van der Waals surface area contributed by atoms with Crippen LogP contribution in [-0.4, -0.2) is 15.8 Å². The van der Waals surface area contributed by atoms with E-state index in [4.69, 9.17) is 0 Å². The third kappa shape index (κ3) is 1.03. The normalized spacial score (nSPS) is 11.3. The molecule has 0 unspecified atom stereocenters. The Bertz CT molecular complexity index is 660. The number of carbonyl (C=O) groups is 1. The van der Waals surface area contributed by atoms with Crippen molar-refractivity contribution in [3.05, 3.63) is 36.2 Å². The lowest BCUT2D eigenvalue weighted by molar-refractivity contribution is 0.101. The first-order valence-electron chi connectivity index (χ1n) is 4.85. The van der Waals surface area contributed by atoms with E-state index in [2.05, 4.69) is 9.97 Å². The Morgan fingerprint density at radius 1 is 1.13 bits per heavy atom. The maximum Gasteiger partial charge on any atom is 0.161 e. The first-order valence-corrected chi connectivity index (χ1v) is 4.85. The van der Waals surface area contributed by atoms with Gasteiger partial charge in [0.25, 0.3) is 0 Å². The molecule has 0 fully saturated rings. The van der Waals surface area contributed by atoms with Crippen molar-refractivity contribution in [1.82, 2.24) is 9.97 Å². The molecule has 0 saturated carbocycles. The van der Waals surface area contributed by atoms with Crippen LogP contribution in [0.15, 0.2) is 30.6 Å². The van der Waals surface area contributed by atoms with Crippen molar-refractivity contribution in [2.24, 2.45) is 0 Å². The number of benzene rings is 1. The molecule has 0 aliphatic rings. The van der Waals surface area contributed by atoms with Crippen molar-refractivity contribution in [2.75, 3.05) is 0 Å². The largest absolute Gasteiger partial charge is 0.361 e. The van der Waals surface area contributed by atoms with Gasteiger partial charge in [-0.05, 0) is 25.1 Å². The van der Waals surface area contributed by atoms with E-state index in [-0.39, 0.29) is 5.78 Å². The van der Waals surface area contributed by atoms with E-state index < -0.39 is 0 Å². The van der Waals surface area contributed by atoms with Crippen LogP contribution >= 0.6 is 0 Å². The van der Waals surface area contributed by atoms with Gasteiger partial charge < -0.3 is 9.97 Å². The molecular formula is C12H10N2O. The lowest BCUT2D eigenvalue weighted by Gasteiger charge is -1.94. The van der Waals surface area contributed by atoms with E-state index in [1.165, 1.54) is 0 Å². The Balaban J connectivity index is 2.51. The molecule has 3 heteroatoms. The number of hydrogen-bond acceptors (Lipinski definition) is 1. The second-order valence-corrected chi connectivity index (χ2v) is 3.69. The van der Waals surface area contributed by atoms with Crippen LogP contribution in [0.4, 0.5) is 0 Å². The summed E-state index contributed by atoms with van der Waals surface area (Å²) in [6.45, 7) is 1.59. The van der Waals surface area contributed by atoms with Gasteiger partial charge in [0.05, 0.1) is 5.52 Å². The first kappa shape index (κ1) is 8.29. The Morgan fingerprint density at radius 2 is 2.00 bits per heavy atom. The van der Waals surface area contributed by atoms with Crippen LogP contribution in [-0.2, 0) is 0 Å². The summed E-state index contributed by atoms with van der Waals surface area (Å²) in [4.78, 5) is 17.7. The van der Waals surface area contributed by atoms with Gasteiger partial charge in [0.1, 0.15) is 0 Å². The molecule has 2 heterocycles. The molecule has 0 atom stereocenters. The summed E-state index contributed by atoms with van der Waals surface area (Å²) in [6.07, 6.45) is 3.68. The third-order valence-corrected chi connectivity index (χ3v) is 2.76. The fourth-order valence-electron chi connectivity index (χ4n) is 2.03. The number of fused-ring (bicyclic) bond motifs is 3. The van der Waals surface area contributed by atoms with Crippen LogP contribution in [0.2, 0.25) is 0 Å². The minimum Gasteiger partial charge on any atom is -0.361 e. The number of aromatic amines is 2. The highest BCUT2D eigenvalue weighted by molar-refractivity contribution is 6.13. The van der Waals surface area contributed by atoms with E-state index in [1.54, 1.807) is 13.1 Å². The maximum atomic E-state index is 11.4. The van der Waals surface area contributed by atoms with E-state index in [9.17, 15) is 4.79 Å². The molecule has 2 aromatic heterocycles. The summed E-state index contributed by atoms with van der Waals surface area (Å²) in [5.74, 6) is 0.0936. The van der Waals surface area contributed by atoms with Crippen LogP contribution in [0.5, 0.6) is 0 Å². The molecule has 15 heavy (non-hydrogen) atoms. The highest BCUT2D eigenvalue weighted by Gasteiger charge is 2.09. The summed E-state index contributed by atoms with van der Waals surface area (Å²) in [5.41, 5.74) is 2.87. The van der Waals surface area contributed by atoms with Crippen LogP contribution in [0.3, 0.4) is 0 Å². The summed E-state index contributed by atoms with van der Waals surface area (Å²) < 4.78 is 0. The standard InChI is InChI=1S/C12H10N2O/c1-7(15)10-6-14-12-8(10)2-3-11-9(12)4-5-13-11/h2-6,13-14H,1H3. The molecule has 0 radical (unpaired) electrons. The number of carbonyl (C=O) groups excluding carboxylic acids is 1. The van der Waals surface area contributed by atoms with Gasteiger partial charge in [-0.15, -0.1) is 0 Å². The van der Waals surface area contributed by atoms with Gasteiger partial charge in [-0.1, -0.05) is 0 Å². The molecule has 0 bridgehead atoms. The Morgan fingerprint density at radius 3 is 2.80 bits per heavy atom. The summed E-state index contributed by atoms with van der Waals surface area (Å²) in [6, 6.07) is 5.98. The van der Waals surface area contributed by atoms with Gasteiger partial charge in [-0.2, -0.15) is 0 Å². The monoisotopic (exact) mass is 198 g/mol. The Hall–Kier alpha value is -2.03. The van der Waals surface area contributed by atoms with Crippen molar-refractivity contribution in [1.29, 1.82) is 0 Å². The van der Waals surface area contributed by atoms with E-state index in [1.807, 2.05) is 24.4 Å². The van der Waals surface area contributed by atoms with Gasteiger partial charge in [0.2, 0.25) is 0 Å². The topological polar surface area (TPSA) is 48.6 Å². The number of Topliss-reactive ketones (excluding diaryl/α,β-unsaturated/α-hetero) is 1. The zero-order valence-electron chi connectivity index (χ0n) is 8.29. The zero-order valence-corrected chi connectivity index (χ0v) is 8.29. The molecule has 3 rings (SSSR count). The van der Waals surface area contributed by atoms with Crippen molar-refractivity contribution in [2.45, 2.75) is 6.92 Å². The number of H-pyrrole nitrogens is 2. The quantitative estimate of drug-likeness (QED) is 0.580. The maximum absolute atomic E-state index is 11.4. The predicted molar refractivity (Wildman–Crippen MR) is 60.2 cm³/mol. The SMILES string of the molecule is CC(=O)c1c[nH]c2c1ccc1[nH]ccc12. The smallest absolute Gasteiger partial charge is 0.161 e. The Labute approximate surface area is 86.1 Å². The van der Waals surface area contributed by atoms with E-state index >= 15 is 0 Å². The minimum absolute atomic E-state index is 0.0936. The number of rotatable bonds is 1. The number of hydrogen-bond donors (Lipinski definition) is 2. The average molecular weight is 198 g/mol. The van der Waals surface area contributed by atoms with Gasteiger partial charge in [-0.25, -0.2) is 0 Å². The lowest BCUT2D eigenvalue weighted by atomic mass is 10.1. The van der Waals surface area contributed by atoms with Gasteiger partial charge in [0, 0.05) is 34.2 Å². The molecular weight excluding hydrogens is 188 g/mol. The minimum atomic E-state index is 0.0936. The molecule has 74 valence electrons. The summed E-state index contributed by atoms with van der Waals surface area (Å²) >= 11 is 0. The van der Waals surface area contributed by atoms with Crippen molar-refractivity contribution < 1.29 is 4.79 Å². The molecule has 2 N–H and O–H groups in total. The van der Waals surface area contributed by atoms with Gasteiger partial charge >= 0.3 is 0 Å². The second kappa shape index (κ2) is 2.73. The average Bonchev–Trinajstić information content (AvgIpc) is 2.82. The van der Waals surface area contributed by atoms with E-state index in [0.717, 1.165) is 27.4 Å². The highest BCUT2D eigenvalue weighted by atomic mass is 16.1. The third-order valence-electron chi connectivity index (χ3n) is 2.76. The van der Waals surface area contributed by atoms with Crippen LogP contribution < -0.4 is 0 Å². The molecule has 0 saturated heterocycles. The highest BCUT2D eigenvalue weighted by Crippen LogP contribution is 2.26. The summed E-state index contributed by atoms with van der Waals surface area (Å²) in [5, 5.41) is 2.12. The fraction of sp³-hybridized carbons (Fsp3) is 0.0833. The predicted octanol–water partition coefficient (Wildman–Crippen LogP) is 2.85. The molecule has 0 spiro atoms. The second-order valence-electron chi connectivity index (χ2n) is 3.69. The molecule has 1 aromatic carbocycles. The van der Waals surface area contributed by atoms with Crippen molar-refractivity contribution in [3.63, 3.8) is 0 Å². The van der Waals surface area contributed by atoms with Crippen LogP contribution in [0, 0.1) is 0 Å². The lowest BCUT2D eigenvalue weighted by Crippen LogP contribution is -1.88. The van der Waals surface area contributed by atoms with Gasteiger partial charge in [0.15, 0.2) is 5.78 Å². The zero-order chi connectivity index (χ0) is 10.4. The molecule has 0 aliphatic heterocycles. The number of nitrogens with one attached hydrogen (secondary N) is 2. The summed E-state index contributed by atoms with van der Waals surface area (Å²) in [7, 11) is 0. The van der Waals surface area contributed by atoms with Crippen LogP contribution in [0.1, 0.15) is 17.3 Å². The van der Waals surface area contributed by atoms with Gasteiger partial charge in [-0.3, -0.25) is 4.79 Å². The van der Waals surface area contributed by atoms with E-state index in [0.29, 0.717) is 0 Å². The first-order chi connectivity index (χ1) is 7.27. The van der Waals surface area contributed by atoms with Crippen molar-refractivity contribution in [3.8, 4) is 0 Å². The molecule has 3 aromatic rings. The van der Waals surface area contributed by atoms with Crippen molar-refractivity contribution >= 4 is 27.6 Å². The number of ketones is 1. The Kier molecular flexibility index (Phi) is 1.51. The fourth-order valence-corrected chi connectivity index (χ4v) is 2.03. The molecule has 3 nitrogen and oxygen atoms in total. The number of aromatic nitrogens is 2. The van der Waals surface area contributed by atoms with Crippen LogP contribution in [0.25, 0.3) is 21.8 Å².